The fraction of sp³-hybridized carbons (Fsp3) is 0.692. The smallest absolute Gasteiger partial charge is 0.331 e. The van der Waals surface area contributed by atoms with Gasteiger partial charge in [0.05, 0.1) is 0 Å². The van der Waals surface area contributed by atoms with Crippen LogP contribution in [0.15, 0.2) is 11.1 Å². The zero-order valence-electron chi connectivity index (χ0n) is 11.2. The van der Waals surface area contributed by atoms with E-state index in [1.165, 1.54) is 13.8 Å². The second-order valence-electron chi connectivity index (χ2n) is 4.98. The highest BCUT2D eigenvalue weighted by Gasteiger charge is 2.42. The summed E-state index contributed by atoms with van der Waals surface area (Å²) in [4.78, 5) is 22.5. The molecule has 0 saturated heterocycles. The molecule has 0 aromatic carbocycles. The van der Waals surface area contributed by atoms with Crippen LogP contribution in [0.1, 0.15) is 33.1 Å². The first-order chi connectivity index (χ1) is 8.42. The first kappa shape index (κ1) is 14.7. The predicted octanol–water partition coefficient (Wildman–Crippen LogP) is 1.34. The van der Waals surface area contributed by atoms with E-state index in [9.17, 15) is 9.59 Å². The highest BCUT2D eigenvalue weighted by molar-refractivity contribution is 6.01. The fourth-order valence-corrected chi connectivity index (χ4v) is 1.74. The lowest BCUT2D eigenvalue weighted by atomic mass is 10.0. The van der Waals surface area contributed by atoms with Crippen LogP contribution in [0, 0.1) is 5.41 Å². The van der Waals surface area contributed by atoms with Gasteiger partial charge in [-0.05, 0) is 38.5 Å². The van der Waals surface area contributed by atoms with Gasteiger partial charge in [0.15, 0.2) is 0 Å². The summed E-state index contributed by atoms with van der Waals surface area (Å²) in [5.74, 6) is -1.35. The highest BCUT2D eigenvalue weighted by atomic mass is 16.5. The Morgan fingerprint density at radius 1 is 1.28 bits per heavy atom. The summed E-state index contributed by atoms with van der Waals surface area (Å²) in [7, 11) is 1.66. The van der Waals surface area contributed by atoms with Gasteiger partial charge in [-0.1, -0.05) is 0 Å². The van der Waals surface area contributed by atoms with Crippen LogP contribution in [0.25, 0.3) is 0 Å². The predicted molar refractivity (Wildman–Crippen MR) is 67.2 cm³/mol. The lowest BCUT2D eigenvalue weighted by molar-refractivity contribution is -0.133. The van der Waals surface area contributed by atoms with Gasteiger partial charge in [-0.25, -0.2) is 4.79 Å². The number of carboxylic acid groups (broad SMARTS) is 1. The molecular weight excluding hydrogens is 234 g/mol. The Morgan fingerprint density at radius 2 is 1.89 bits per heavy atom. The van der Waals surface area contributed by atoms with Gasteiger partial charge in [0.1, 0.15) is 0 Å². The quantitative estimate of drug-likeness (QED) is 0.673. The van der Waals surface area contributed by atoms with Crippen molar-refractivity contribution in [3.8, 4) is 0 Å². The summed E-state index contributed by atoms with van der Waals surface area (Å²) in [6, 6.07) is 0. The molecule has 0 spiro atoms. The van der Waals surface area contributed by atoms with Crippen molar-refractivity contribution in [2.24, 2.45) is 5.41 Å². The summed E-state index contributed by atoms with van der Waals surface area (Å²) in [6.07, 6.45) is 3.12. The maximum Gasteiger partial charge on any atom is 0.331 e. The molecule has 5 nitrogen and oxygen atoms in total. The average Bonchev–Trinajstić information content (AvgIpc) is 3.12. The van der Waals surface area contributed by atoms with Crippen molar-refractivity contribution in [2.75, 3.05) is 20.3 Å². The molecular formula is C13H21NO4. The normalized spacial score (nSPS) is 17.9. The Labute approximate surface area is 107 Å². The minimum Gasteiger partial charge on any atom is -0.478 e. The van der Waals surface area contributed by atoms with Crippen molar-refractivity contribution in [2.45, 2.75) is 33.1 Å². The van der Waals surface area contributed by atoms with Gasteiger partial charge in [0.25, 0.3) is 0 Å². The summed E-state index contributed by atoms with van der Waals surface area (Å²) in [5.41, 5.74) is 0.530. The van der Waals surface area contributed by atoms with E-state index in [1.54, 1.807) is 7.11 Å². The molecule has 1 rings (SSSR count). The second-order valence-corrected chi connectivity index (χ2v) is 4.98. The van der Waals surface area contributed by atoms with Gasteiger partial charge < -0.3 is 15.2 Å². The molecule has 5 heteroatoms. The molecule has 0 aromatic rings. The fourth-order valence-electron chi connectivity index (χ4n) is 1.74. The number of ether oxygens (including phenoxy) is 1. The standard InChI is InChI=1S/C13H21NO4/c1-9(10(2)12(16)17)11(15)14-8-13(4-5-13)6-7-18-3/h4-8H2,1-3H3,(H,14,15)(H,16,17). The van der Waals surface area contributed by atoms with Gasteiger partial charge in [0, 0.05) is 31.4 Å². The topological polar surface area (TPSA) is 75.6 Å². The minimum atomic E-state index is -1.05. The molecule has 0 bridgehead atoms. The Morgan fingerprint density at radius 3 is 2.33 bits per heavy atom. The molecule has 0 radical (unpaired) electrons. The maximum absolute atomic E-state index is 11.8. The van der Waals surface area contributed by atoms with Crippen LogP contribution in [0.5, 0.6) is 0 Å². The molecule has 2 N–H and O–H groups in total. The molecule has 0 aliphatic heterocycles. The Kier molecular flexibility index (Phi) is 4.90. The number of nitrogens with one attached hydrogen (secondary N) is 1. The largest absolute Gasteiger partial charge is 0.478 e. The van der Waals surface area contributed by atoms with Gasteiger partial charge in [-0.3, -0.25) is 4.79 Å². The zero-order chi connectivity index (χ0) is 13.8. The van der Waals surface area contributed by atoms with Crippen molar-refractivity contribution in [3.63, 3.8) is 0 Å². The van der Waals surface area contributed by atoms with Gasteiger partial charge in [-0.2, -0.15) is 0 Å². The molecule has 1 fully saturated rings. The third-order valence-corrected chi connectivity index (χ3v) is 3.64. The zero-order valence-corrected chi connectivity index (χ0v) is 11.2. The first-order valence-corrected chi connectivity index (χ1v) is 6.10. The van der Waals surface area contributed by atoms with Crippen LogP contribution in [0.2, 0.25) is 0 Å². The third kappa shape index (κ3) is 3.84. The maximum atomic E-state index is 11.8. The summed E-state index contributed by atoms with van der Waals surface area (Å²) < 4.78 is 5.04. The van der Waals surface area contributed by atoms with Gasteiger partial charge in [0.2, 0.25) is 5.91 Å². The molecule has 1 amide bonds. The van der Waals surface area contributed by atoms with E-state index in [0.717, 1.165) is 19.3 Å². The van der Waals surface area contributed by atoms with E-state index in [2.05, 4.69) is 5.32 Å². The SMILES string of the molecule is COCCC1(CNC(=O)C(C)=C(C)C(=O)O)CC1. The number of carboxylic acids is 1. The second kappa shape index (κ2) is 6.00. The van der Waals surface area contributed by atoms with Crippen molar-refractivity contribution in [1.29, 1.82) is 0 Å². The molecule has 1 saturated carbocycles. The molecule has 0 aromatic heterocycles. The van der Waals surface area contributed by atoms with Crippen LogP contribution >= 0.6 is 0 Å². The third-order valence-electron chi connectivity index (χ3n) is 3.64. The van der Waals surface area contributed by atoms with Crippen LogP contribution in [0.3, 0.4) is 0 Å². The molecule has 1 aliphatic carbocycles. The Bertz CT molecular complexity index is 369. The molecule has 102 valence electrons. The van der Waals surface area contributed by atoms with Gasteiger partial charge >= 0.3 is 5.97 Å². The van der Waals surface area contributed by atoms with E-state index in [4.69, 9.17) is 9.84 Å². The Balaban J connectivity index is 2.47. The lowest BCUT2D eigenvalue weighted by Gasteiger charge is -2.15. The number of amides is 1. The number of rotatable bonds is 7. The van der Waals surface area contributed by atoms with Crippen LogP contribution in [-0.2, 0) is 14.3 Å². The average molecular weight is 255 g/mol. The summed E-state index contributed by atoms with van der Waals surface area (Å²) in [6.45, 7) is 4.26. The van der Waals surface area contributed by atoms with E-state index in [-0.39, 0.29) is 22.5 Å². The summed E-state index contributed by atoms with van der Waals surface area (Å²) in [5, 5.41) is 11.6. The highest BCUT2D eigenvalue weighted by Crippen LogP contribution is 2.48. The van der Waals surface area contributed by atoms with Crippen molar-refractivity contribution >= 4 is 11.9 Å². The van der Waals surface area contributed by atoms with Crippen LogP contribution < -0.4 is 5.32 Å². The van der Waals surface area contributed by atoms with E-state index in [0.29, 0.717) is 13.2 Å². The molecule has 0 atom stereocenters. The van der Waals surface area contributed by atoms with Gasteiger partial charge in [-0.15, -0.1) is 0 Å². The lowest BCUT2D eigenvalue weighted by Crippen LogP contribution is -2.32. The number of carbonyl (C=O) groups is 2. The van der Waals surface area contributed by atoms with Crippen LogP contribution in [0.4, 0.5) is 0 Å². The number of methoxy groups -OCH3 is 1. The molecule has 18 heavy (non-hydrogen) atoms. The number of hydrogen-bond acceptors (Lipinski definition) is 3. The van der Waals surface area contributed by atoms with Crippen molar-refractivity contribution in [3.05, 3.63) is 11.1 Å². The van der Waals surface area contributed by atoms with E-state index < -0.39 is 5.97 Å². The van der Waals surface area contributed by atoms with Crippen molar-refractivity contribution < 1.29 is 19.4 Å². The Hall–Kier alpha value is -1.36. The first-order valence-electron chi connectivity index (χ1n) is 6.10. The van der Waals surface area contributed by atoms with E-state index in [1.807, 2.05) is 0 Å². The monoisotopic (exact) mass is 255 g/mol. The van der Waals surface area contributed by atoms with E-state index >= 15 is 0 Å². The minimum absolute atomic E-state index is 0.0919. The molecule has 0 heterocycles. The number of aliphatic carboxylic acids is 1. The van der Waals surface area contributed by atoms with Crippen LogP contribution in [-0.4, -0.2) is 37.2 Å². The summed E-state index contributed by atoms with van der Waals surface area (Å²) >= 11 is 0. The molecule has 1 aliphatic rings. The van der Waals surface area contributed by atoms with Crippen molar-refractivity contribution in [1.82, 2.24) is 5.32 Å². The number of carbonyl (C=O) groups excluding carboxylic acids is 1. The molecule has 0 unspecified atom stereocenters. The number of hydrogen-bond donors (Lipinski definition) is 2.